The molecular formula is C23H15F2N3O3S. The molecule has 32 heavy (non-hydrogen) atoms. The molecule has 160 valence electrons. The highest BCUT2D eigenvalue weighted by atomic mass is 32.1. The van der Waals surface area contributed by atoms with E-state index in [1.165, 1.54) is 47.4 Å². The van der Waals surface area contributed by atoms with Gasteiger partial charge in [0.1, 0.15) is 11.3 Å². The lowest BCUT2D eigenvalue weighted by molar-refractivity contribution is -0.384. The fourth-order valence-corrected chi connectivity index (χ4v) is 4.04. The first kappa shape index (κ1) is 21.3. The standard InChI is InChI=1S/C23H15F2N3O3S/c24-17-12-19(25)22-20(13-17)32-23(26-22)27(14-16-4-2-1-3-5-16)21(29)11-8-15-6-9-18(10-7-15)28(30)31/h1-13H,14H2/b11-8+. The number of anilines is 1. The van der Waals surface area contributed by atoms with Crippen molar-refractivity contribution >= 4 is 44.4 Å². The minimum absolute atomic E-state index is 0.00314. The van der Waals surface area contributed by atoms with Crippen LogP contribution < -0.4 is 4.90 Å². The largest absolute Gasteiger partial charge is 0.280 e. The minimum Gasteiger partial charge on any atom is -0.280 e. The first-order valence-electron chi connectivity index (χ1n) is 9.44. The van der Waals surface area contributed by atoms with Crippen LogP contribution in [-0.4, -0.2) is 15.8 Å². The van der Waals surface area contributed by atoms with E-state index >= 15 is 0 Å². The summed E-state index contributed by atoms with van der Waals surface area (Å²) in [4.78, 5) is 28.9. The second-order valence-corrected chi connectivity index (χ2v) is 7.83. The van der Waals surface area contributed by atoms with Gasteiger partial charge in [0.05, 0.1) is 16.2 Å². The maximum absolute atomic E-state index is 14.1. The Labute approximate surface area is 185 Å². The summed E-state index contributed by atoms with van der Waals surface area (Å²) in [6, 6.07) is 16.9. The van der Waals surface area contributed by atoms with Gasteiger partial charge < -0.3 is 0 Å². The normalized spacial score (nSPS) is 11.2. The van der Waals surface area contributed by atoms with Crippen LogP contribution in [0.15, 0.2) is 72.8 Å². The number of hydrogen-bond donors (Lipinski definition) is 0. The lowest BCUT2D eigenvalue weighted by atomic mass is 10.2. The number of nitro groups is 1. The molecule has 0 radical (unpaired) electrons. The average molecular weight is 451 g/mol. The molecule has 0 unspecified atom stereocenters. The number of halogens is 2. The van der Waals surface area contributed by atoms with Crippen molar-refractivity contribution in [2.45, 2.75) is 6.54 Å². The van der Waals surface area contributed by atoms with Crippen molar-refractivity contribution in [1.29, 1.82) is 0 Å². The van der Waals surface area contributed by atoms with Crippen LogP contribution in [0.4, 0.5) is 19.6 Å². The quantitative estimate of drug-likeness (QED) is 0.213. The second kappa shape index (κ2) is 9.03. The van der Waals surface area contributed by atoms with Gasteiger partial charge in [-0.15, -0.1) is 0 Å². The molecule has 6 nitrogen and oxygen atoms in total. The Kier molecular flexibility index (Phi) is 6.00. The van der Waals surface area contributed by atoms with E-state index in [0.29, 0.717) is 10.3 Å². The fraction of sp³-hybridized carbons (Fsp3) is 0.0435. The summed E-state index contributed by atoms with van der Waals surface area (Å²) in [7, 11) is 0. The first-order chi connectivity index (χ1) is 15.4. The summed E-state index contributed by atoms with van der Waals surface area (Å²) in [6.07, 6.45) is 2.84. The minimum atomic E-state index is -0.795. The highest BCUT2D eigenvalue weighted by Gasteiger charge is 2.20. The Morgan fingerprint density at radius 3 is 2.50 bits per heavy atom. The van der Waals surface area contributed by atoms with E-state index in [4.69, 9.17) is 0 Å². The van der Waals surface area contributed by atoms with Crippen LogP contribution in [0.1, 0.15) is 11.1 Å². The van der Waals surface area contributed by atoms with Gasteiger partial charge in [0.15, 0.2) is 10.9 Å². The predicted molar refractivity (Wildman–Crippen MR) is 119 cm³/mol. The molecule has 0 N–H and O–H groups in total. The summed E-state index contributed by atoms with van der Waals surface area (Å²) in [5.74, 6) is -1.94. The van der Waals surface area contributed by atoms with Gasteiger partial charge in [0.2, 0.25) is 0 Å². The van der Waals surface area contributed by atoms with Crippen molar-refractivity contribution in [2.75, 3.05) is 4.90 Å². The molecule has 1 heterocycles. The molecule has 0 aliphatic heterocycles. The third kappa shape index (κ3) is 4.68. The molecule has 0 saturated carbocycles. The van der Waals surface area contributed by atoms with Crippen LogP contribution in [0, 0.1) is 21.7 Å². The summed E-state index contributed by atoms with van der Waals surface area (Å²) in [5.41, 5.74) is 1.37. The van der Waals surface area contributed by atoms with Gasteiger partial charge in [-0.2, -0.15) is 0 Å². The van der Waals surface area contributed by atoms with Crippen LogP contribution in [-0.2, 0) is 11.3 Å². The molecule has 1 amide bonds. The van der Waals surface area contributed by atoms with Gasteiger partial charge in [-0.3, -0.25) is 19.8 Å². The Bertz CT molecular complexity index is 1320. The zero-order valence-corrected chi connectivity index (χ0v) is 17.3. The van der Waals surface area contributed by atoms with Gasteiger partial charge in [-0.25, -0.2) is 13.8 Å². The maximum Gasteiger partial charge on any atom is 0.269 e. The molecule has 4 rings (SSSR count). The smallest absolute Gasteiger partial charge is 0.269 e. The summed E-state index contributed by atoms with van der Waals surface area (Å²) in [5, 5.41) is 11.0. The van der Waals surface area contributed by atoms with Gasteiger partial charge in [-0.05, 0) is 35.4 Å². The molecule has 0 bridgehead atoms. The number of aromatic nitrogens is 1. The number of non-ortho nitro benzene ring substituents is 1. The van der Waals surface area contributed by atoms with Gasteiger partial charge in [0, 0.05) is 24.3 Å². The highest BCUT2D eigenvalue weighted by Crippen LogP contribution is 2.32. The first-order valence-corrected chi connectivity index (χ1v) is 10.3. The number of fused-ring (bicyclic) bond motifs is 1. The van der Waals surface area contributed by atoms with Crippen LogP contribution in [0.25, 0.3) is 16.3 Å². The SMILES string of the molecule is O=C(/C=C/c1ccc([N+](=O)[O-])cc1)N(Cc1ccccc1)c1nc2c(F)cc(F)cc2s1. The van der Waals surface area contributed by atoms with E-state index < -0.39 is 22.5 Å². The van der Waals surface area contributed by atoms with Crippen LogP contribution in [0.3, 0.4) is 0 Å². The number of benzene rings is 3. The summed E-state index contributed by atoms with van der Waals surface area (Å²) >= 11 is 1.01. The number of amides is 1. The van der Waals surface area contributed by atoms with E-state index in [0.717, 1.165) is 23.0 Å². The number of carbonyl (C=O) groups excluding carboxylic acids is 1. The molecule has 0 aliphatic rings. The molecule has 0 saturated heterocycles. The van der Waals surface area contributed by atoms with E-state index in [1.807, 2.05) is 30.3 Å². The fourth-order valence-electron chi connectivity index (χ4n) is 3.03. The Morgan fingerprint density at radius 2 is 1.81 bits per heavy atom. The highest BCUT2D eigenvalue weighted by molar-refractivity contribution is 7.22. The number of thiazole rings is 1. The third-order valence-electron chi connectivity index (χ3n) is 4.60. The lowest BCUT2D eigenvalue weighted by Gasteiger charge is -2.18. The van der Waals surface area contributed by atoms with Gasteiger partial charge in [0.25, 0.3) is 11.6 Å². The topological polar surface area (TPSA) is 76.3 Å². The third-order valence-corrected chi connectivity index (χ3v) is 5.63. The molecule has 0 fully saturated rings. The van der Waals surface area contributed by atoms with E-state index in [1.54, 1.807) is 0 Å². The number of nitrogens with zero attached hydrogens (tertiary/aromatic N) is 3. The Balaban J connectivity index is 1.66. The zero-order valence-electron chi connectivity index (χ0n) is 16.4. The zero-order chi connectivity index (χ0) is 22.7. The molecule has 4 aromatic rings. The maximum atomic E-state index is 14.1. The number of hydrogen-bond acceptors (Lipinski definition) is 5. The van der Waals surface area contributed by atoms with Crippen molar-refractivity contribution in [3.05, 3.63) is 106 Å². The second-order valence-electron chi connectivity index (χ2n) is 6.82. The lowest BCUT2D eigenvalue weighted by Crippen LogP contribution is -2.28. The number of rotatable bonds is 6. The van der Waals surface area contributed by atoms with Crippen molar-refractivity contribution < 1.29 is 18.5 Å². The number of carbonyl (C=O) groups is 1. The van der Waals surface area contributed by atoms with Crippen LogP contribution >= 0.6 is 11.3 Å². The van der Waals surface area contributed by atoms with Crippen molar-refractivity contribution in [3.8, 4) is 0 Å². The average Bonchev–Trinajstić information content (AvgIpc) is 3.21. The van der Waals surface area contributed by atoms with E-state index in [2.05, 4.69) is 4.98 Å². The summed E-state index contributed by atoms with van der Waals surface area (Å²) < 4.78 is 28.0. The molecule has 0 aliphatic carbocycles. The molecule has 1 aromatic heterocycles. The molecule has 0 spiro atoms. The monoisotopic (exact) mass is 451 g/mol. The Hall–Kier alpha value is -3.98. The molecule has 3 aromatic carbocycles. The predicted octanol–water partition coefficient (Wildman–Crippen LogP) is 5.73. The van der Waals surface area contributed by atoms with Crippen LogP contribution in [0.5, 0.6) is 0 Å². The van der Waals surface area contributed by atoms with Gasteiger partial charge >= 0.3 is 0 Å². The molecular weight excluding hydrogens is 436 g/mol. The van der Waals surface area contributed by atoms with Crippen molar-refractivity contribution in [3.63, 3.8) is 0 Å². The number of nitro benzene ring substituents is 1. The van der Waals surface area contributed by atoms with E-state index in [9.17, 15) is 23.7 Å². The molecule has 0 atom stereocenters. The van der Waals surface area contributed by atoms with E-state index in [-0.39, 0.29) is 22.9 Å². The molecule has 9 heteroatoms. The summed E-state index contributed by atoms with van der Waals surface area (Å²) in [6.45, 7) is 0.175. The Morgan fingerprint density at radius 1 is 1.09 bits per heavy atom. The van der Waals surface area contributed by atoms with Crippen molar-refractivity contribution in [2.24, 2.45) is 0 Å². The van der Waals surface area contributed by atoms with Gasteiger partial charge in [-0.1, -0.05) is 41.7 Å². The van der Waals surface area contributed by atoms with Crippen molar-refractivity contribution in [1.82, 2.24) is 4.98 Å². The van der Waals surface area contributed by atoms with Crippen LogP contribution in [0.2, 0.25) is 0 Å².